The third-order valence-corrected chi connectivity index (χ3v) is 5.49. The Hall–Kier alpha value is -2.37. The highest BCUT2D eigenvalue weighted by molar-refractivity contribution is 5.99. The Morgan fingerprint density at radius 2 is 1.68 bits per heavy atom. The Bertz CT molecular complexity index is 766. The average molecular weight is 380 g/mol. The number of aliphatic hydroxyl groups is 1. The molecule has 2 aromatic carbocycles. The lowest BCUT2D eigenvalue weighted by molar-refractivity contribution is 0.0663. The number of β-amino-alcohol motifs (C(OH)–C–C–N with tert-alkyl or cyclic N) is 1. The lowest BCUT2D eigenvalue weighted by Crippen LogP contribution is -2.49. The summed E-state index contributed by atoms with van der Waals surface area (Å²) in [6.07, 6.45) is 1.50. The summed E-state index contributed by atoms with van der Waals surface area (Å²) in [5.41, 5.74) is 2.02. The molecule has 1 heterocycles. The number of piperazine rings is 1. The number of carbonyl (C=O) groups excluding carboxylic acids is 1. The minimum absolute atomic E-state index is 0.232. The summed E-state index contributed by atoms with van der Waals surface area (Å²) in [6, 6.07) is 17.7. The molecule has 2 aromatic rings. The highest BCUT2D eigenvalue weighted by atomic mass is 16.5. The number of anilines is 1. The second-order valence-corrected chi connectivity index (χ2v) is 7.75. The van der Waals surface area contributed by atoms with Gasteiger partial charge in [0.1, 0.15) is 18.5 Å². The molecular weight excluding hydrogens is 352 g/mol. The van der Waals surface area contributed by atoms with Crippen LogP contribution in [0.3, 0.4) is 0 Å². The Labute approximate surface area is 166 Å². The Balaban J connectivity index is 1.19. The van der Waals surface area contributed by atoms with Gasteiger partial charge < -0.3 is 14.7 Å². The van der Waals surface area contributed by atoms with Crippen molar-refractivity contribution in [2.75, 3.05) is 44.2 Å². The molecule has 0 bridgehead atoms. The van der Waals surface area contributed by atoms with E-state index in [1.54, 1.807) is 0 Å². The van der Waals surface area contributed by atoms with Crippen molar-refractivity contribution in [3.8, 4) is 5.75 Å². The van der Waals surface area contributed by atoms with Crippen LogP contribution >= 0.6 is 0 Å². The van der Waals surface area contributed by atoms with Crippen molar-refractivity contribution in [3.05, 3.63) is 60.2 Å². The van der Waals surface area contributed by atoms with Crippen LogP contribution in [0, 0.1) is 5.92 Å². The van der Waals surface area contributed by atoms with Crippen LogP contribution in [-0.2, 0) is 0 Å². The molecule has 2 fully saturated rings. The maximum absolute atomic E-state index is 12.0. The lowest BCUT2D eigenvalue weighted by Gasteiger charge is -2.36. The van der Waals surface area contributed by atoms with Crippen LogP contribution in [0.15, 0.2) is 54.6 Å². The van der Waals surface area contributed by atoms with Gasteiger partial charge >= 0.3 is 0 Å². The fraction of sp³-hybridized carbons (Fsp3) is 0.435. The molecule has 0 spiro atoms. The summed E-state index contributed by atoms with van der Waals surface area (Å²) in [7, 11) is 0. The summed E-state index contributed by atoms with van der Waals surface area (Å²) >= 11 is 0. The molecule has 4 rings (SSSR count). The highest BCUT2D eigenvalue weighted by Crippen LogP contribution is 2.32. The number of hydrogen-bond acceptors (Lipinski definition) is 5. The number of benzene rings is 2. The van der Waals surface area contributed by atoms with Crippen molar-refractivity contribution in [2.45, 2.75) is 18.9 Å². The Kier molecular flexibility index (Phi) is 5.93. The Morgan fingerprint density at radius 3 is 2.32 bits per heavy atom. The molecule has 28 heavy (non-hydrogen) atoms. The fourth-order valence-electron chi connectivity index (χ4n) is 3.67. The summed E-state index contributed by atoms with van der Waals surface area (Å²) in [5.74, 6) is 1.16. The first-order valence-electron chi connectivity index (χ1n) is 10.2. The molecule has 1 atom stereocenters. The zero-order valence-corrected chi connectivity index (χ0v) is 16.2. The number of carbonyl (C=O) groups is 1. The van der Waals surface area contributed by atoms with Crippen molar-refractivity contribution >= 4 is 11.5 Å². The number of para-hydroxylation sites is 1. The summed E-state index contributed by atoms with van der Waals surface area (Å²) in [4.78, 5) is 16.7. The van der Waals surface area contributed by atoms with E-state index in [1.165, 1.54) is 5.69 Å². The van der Waals surface area contributed by atoms with Gasteiger partial charge in [-0.2, -0.15) is 0 Å². The van der Waals surface area contributed by atoms with Gasteiger partial charge in [0.25, 0.3) is 0 Å². The maximum Gasteiger partial charge on any atom is 0.165 e. The molecule has 0 aromatic heterocycles. The molecule has 1 saturated heterocycles. The number of hydrogen-bond donors (Lipinski definition) is 1. The standard InChI is InChI=1S/C23H28N2O3/c26-21(16-24-12-14-25(15-13-24)20-4-2-1-3-5-20)17-28-22-10-8-19(9-11-22)23(27)18-6-7-18/h1-5,8-11,18,21,26H,6-7,12-17H2. The van der Waals surface area contributed by atoms with Crippen molar-refractivity contribution in [2.24, 2.45) is 5.92 Å². The van der Waals surface area contributed by atoms with Gasteiger partial charge in [-0.1, -0.05) is 18.2 Å². The van der Waals surface area contributed by atoms with Crippen molar-refractivity contribution < 1.29 is 14.6 Å². The van der Waals surface area contributed by atoms with E-state index in [2.05, 4.69) is 34.1 Å². The smallest absolute Gasteiger partial charge is 0.165 e. The first-order chi connectivity index (χ1) is 13.7. The van der Waals surface area contributed by atoms with E-state index >= 15 is 0 Å². The number of ether oxygens (including phenoxy) is 1. The molecule has 0 radical (unpaired) electrons. The van der Waals surface area contributed by atoms with Crippen LogP contribution in [0.2, 0.25) is 0 Å². The lowest BCUT2D eigenvalue weighted by atomic mass is 10.1. The molecule has 2 aliphatic rings. The molecule has 0 amide bonds. The molecule has 5 nitrogen and oxygen atoms in total. The van der Waals surface area contributed by atoms with E-state index in [9.17, 15) is 9.90 Å². The fourth-order valence-corrected chi connectivity index (χ4v) is 3.67. The van der Waals surface area contributed by atoms with E-state index in [1.807, 2.05) is 30.3 Å². The number of aliphatic hydroxyl groups excluding tert-OH is 1. The predicted octanol–water partition coefficient (Wildman–Crippen LogP) is 2.84. The van der Waals surface area contributed by atoms with Gasteiger partial charge in [0.2, 0.25) is 0 Å². The first-order valence-corrected chi connectivity index (χ1v) is 10.2. The van der Waals surface area contributed by atoms with Crippen LogP contribution in [0.4, 0.5) is 5.69 Å². The topological polar surface area (TPSA) is 53.0 Å². The van der Waals surface area contributed by atoms with Crippen molar-refractivity contribution in [3.63, 3.8) is 0 Å². The van der Waals surface area contributed by atoms with E-state index < -0.39 is 6.10 Å². The Morgan fingerprint density at radius 1 is 1.00 bits per heavy atom. The molecule has 1 unspecified atom stereocenters. The zero-order valence-electron chi connectivity index (χ0n) is 16.2. The molecule has 1 saturated carbocycles. The van der Waals surface area contributed by atoms with E-state index in [0.29, 0.717) is 12.3 Å². The minimum atomic E-state index is -0.531. The van der Waals surface area contributed by atoms with Gasteiger partial charge in [0.05, 0.1) is 0 Å². The normalized spacial score (nSPS) is 18.7. The first kappa shape index (κ1) is 19.0. The van der Waals surface area contributed by atoms with Crippen LogP contribution in [0.25, 0.3) is 0 Å². The quantitative estimate of drug-likeness (QED) is 0.714. The van der Waals surface area contributed by atoms with E-state index in [-0.39, 0.29) is 18.3 Å². The second-order valence-electron chi connectivity index (χ2n) is 7.75. The van der Waals surface area contributed by atoms with Gasteiger partial charge in [-0.15, -0.1) is 0 Å². The van der Waals surface area contributed by atoms with E-state index in [0.717, 1.165) is 44.6 Å². The van der Waals surface area contributed by atoms with Crippen LogP contribution in [-0.4, -0.2) is 61.2 Å². The van der Waals surface area contributed by atoms with Gasteiger partial charge in [0.15, 0.2) is 5.78 Å². The SMILES string of the molecule is O=C(c1ccc(OCC(O)CN2CCN(c3ccccc3)CC2)cc1)C1CC1. The van der Waals surface area contributed by atoms with Crippen LogP contribution in [0.5, 0.6) is 5.75 Å². The second kappa shape index (κ2) is 8.76. The van der Waals surface area contributed by atoms with Gasteiger partial charge in [-0.3, -0.25) is 9.69 Å². The average Bonchev–Trinajstić information content (AvgIpc) is 3.59. The zero-order chi connectivity index (χ0) is 19.3. The maximum atomic E-state index is 12.0. The van der Waals surface area contributed by atoms with Crippen LogP contribution in [0.1, 0.15) is 23.2 Å². The summed E-state index contributed by atoms with van der Waals surface area (Å²) in [5, 5.41) is 10.3. The summed E-state index contributed by atoms with van der Waals surface area (Å²) < 4.78 is 5.71. The number of ketones is 1. The van der Waals surface area contributed by atoms with Crippen molar-refractivity contribution in [1.29, 1.82) is 0 Å². The molecule has 148 valence electrons. The number of rotatable bonds is 8. The molecule has 5 heteroatoms. The molecule has 1 N–H and O–H groups in total. The number of nitrogens with zero attached hydrogens (tertiary/aromatic N) is 2. The molecule has 1 aliphatic heterocycles. The molecule has 1 aliphatic carbocycles. The van der Waals surface area contributed by atoms with E-state index in [4.69, 9.17) is 4.74 Å². The minimum Gasteiger partial charge on any atom is -0.491 e. The third-order valence-electron chi connectivity index (χ3n) is 5.49. The number of Topliss-reactive ketones (excluding diaryl/α,β-unsaturated/α-hetero) is 1. The summed E-state index contributed by atoms with van der Waals surface area (Å²) in [6.45, 7) is 4.67. The van der Waals surface area contributed by atoms with Gasteiger partial charge in [-0.25, -0.2) is 0 Å². The van der Waals surface area contributed by atoms with Crippen LogP contribution < -0.4 is 9.64 Å². The largest absolute Gasteiger partial charge is 0.491 e. The van der Waals surface area contributed by atoms with Gasteiger partial charge in [-0.05, 0) is 49.2 Å². The predicted molar refractivity (Wildman–Crippen MR) is 110 cm³/mol. The third kappa shape index (κ3) is 4.91. The van der Waals surface area contributed by atoms with Gasteiger partial charge in [0, 0.05) is 49.9 Å². The molecular formula is C23H28N2O3. The monoisotopic (exact) mass is 380 g/mol. The highest BCUT2D eigenvalue weighted by Gasteiger charge is 2.30. The van der Waals surface area contributed by atoms with Crippen molar-refractivity contribution in [1.82, 2.24) is 4.90 Å².